The lowest BCUT2D eigenvalue weighted by atomic mass is 10.1. The molecule has 0 atom stereocenters. The van der Waals surface area contributed by atoms with Crippen molar-refractivity contribution in [1.82, 2.24) is 4.98 Å². The number of hydrogen-bond donors (Lipinski definition) is 2. The first kappa shape index (κ1) is 11.1. The van der Waals surface area contributed by atoms with E-state index < -0.39 is 5.97 Å². The molecule has 0 aliphatic carbocycles. The number of carboxylic acids is 1. The Balaban J connectivity index is 3.06. The van der Waals surface area contributed by atoms with Crippen LogP contribution in [0, 0.1) is 0 Å². The average molecular weight is 214 g/mol. The number of nitrogens with two attached hydrogens (primary N) is 1. The van der Waals surface area contributed by atoms with E-state index in [1.165, 1.54) is 11.3 Å². The molecule has 0 bridgehead atoms. The Bertz CT molecular complexity index is 334. The highest BCUT2D eigenvalue weighted by Crippen LogP contribution is 2.25. The second-order valence-electron chi connectivity index (χ2n) is 3.32. The summed E-state index contributed by atoms with van der Waals surface area (Å²) < 4.78 is 0. The number of hydrogen-bond acceptors (Lipinski definition) is 4. The third-order valence-corrected chi connectivity index (χ3v) is 2.92. The summed E-state index contributed by atoms with van der Waals surface area (Å²) in [5.74, 6) is -0.752. The van der Waals surface area contributed by atoms with Gasteiger partial charge in [0, 0.05) is 6.42 Å². The average Bonchev–Trinajstić information content (AvgIpc) is 2.49. The number of thiazole rings is 1. The standard InChI is InChI=1S/C9H14N2O2S/c1-5(2)7-8(9(12)13)14-6(11-7)3-4-10/h5H,3-4,10H2,1-2H3,(H,12,13). The molecule has 0 aliphatic rings. The fourth-order valence-corrected chi connectivity index (χ4v) is 2.23. The SMILES string of the molecule is CC(C)c1nc(CCN)sc1C(=O)O. The lowest BCUT2D eigenvalue weighted by molar-refractivity contribution is 0.0700. The Hall–Kier alpha value is -0.940. The van der Waals surface area contributed by atoms with E-state index in [1.807, 2.05) is 13.8 Å². The Morgan fingerprint density at radius 2 is 2.29 bits per heavy atom. The van der Waals surface area contributed by atoms with Gasteiger partial charge in [0.1, 0.15) is 4.88 Å². The van der Waals surface area contributed by atoms with E-state index in [4.69, 9.17) is 10.8 Å². The van der Waals surface area contributed by atoms with Crippen molar-refractivity contribution in [3.8, 4) is 0 Å². The first-order valence-electron chi connectivity index (χ1n) is 4.49. The molecule has 78 valence electrons. The first-order valence-corrected chi connectivity index (χ1v) is 5.30. The van der Waals surface area contributed by atoms with Gasteiger partial charge in [0.25, 0.3) is 0 Å². The van der Waals surface area contributed by atoms with Gasteiger partial charge in [-0.25, -0.2) is 9.78 Å². The van der Waals surface area contributed by atoms with E-state index in [0.29, 0.717) is 23.5 Å². The molecule has 0 aliphatic heterocycles. The van der Waals surface area contributed by atoms with Crippen molar-refractivity contribution in [2.24, 2.45) is 5.73 Å². The number of rotatable bonds is 4. The van der Waals surface area contributed by atoms with E-state index in [0.717, 1.165) is 5.01 Å². The van der Waals surface area contributed by atoms with Crippen molar-refractivity contribution in [3.63, 3.8) is 0 Å². The lowest BCUT2D eigenvalue weighted by Crippen LogP contribution is -2.02. The van der Waals surface area contributed by atoms with Gasteiger partial charge in [0.15, 0.2) is 0 Å². The summed E-state index contributed by atoms with van der Waals surface area (Å²) >= 11 is 1.23. The summed E-state index contributed by atoms with van der Waals surface area (Å²) in [6.07, 6.45) is 0.650. The van der Waals surface area contributed by atoms with E-state index in [1.54, 1.807) is 0 Å². The van der Waals surface area contributed by atoms with Crippen LogP contribution in [-0.2, 0) is 6.42 Å². The van der Waals surface area contributed by atoms with Crippen molar-refractivity contribution >= 4 is 17.3 Å². The zero-order chi connectivity index (χ0) is 10.7. The zero-order valence-corrected chi connectivity index (χ0v) is 9.10. The van der Waals surface area contributed by atoms with E-state index in [-0.39, 0.29) is 5.92 Å². The van der Waals surface area contributed by atoms with Crippen molar-refractivity contribution in [3.05, 3.63) is 15.6 Å². The molecule has 0 saturated carbocycles. The number of nitrogens with zero attached hydrogens (tertiary/aromatic N) is 1. The summed E-state index contributed by atoms with van der Waals surface area (Å²) in [5, 5.41) is 9.75. The fourth-order valence-electron chi connectivity index (χ4n) is 1.15. The molecule has 0 unspecified atom stereocenters. The van der Waals surface area contributed by atoms with Crippen LogP contribution in [0.1, 0.15) is 40.1 Å². The van der Waals surface area contributed by atoms with Crippen LogP contribution >= 0.6 is 11.3 Å². The molecule has 0 amide bonds. The number of carbonyl (C=O) groups is 1. The van der Waals surface area contributed by atoms with Crippen LogP contribution in [0.2, 0.25) is 0 Å². The predicted molar refractivity (Wildman–Crippen MR) is 55.9 cm³/mol. The largest absolute Gasteiger partial charge is 0.477 e. The maximum absolute atomic E-state index is 10.9. The molecule has 0 radical (unpaired) electrons. The van der Waals surface area contributed by atoms with E-state index in [9.17, 15) is 4.79 Å². The van der Waals surface area contributed by atoms with E-state index >= 15 is 0 Å². The normalized spacial score (nSPS) is 10.9. The van der Waals surface area contributed by atoms with Gasteiger partial charge in [0.05, 0.1) is 10.7 Å². The quantitative estimate of drug-likeness (QED) is 0.795. The molecular formula is C9H14N2O2S. The molecule has 3 N–H and O–H groups in total. The summed E-state index contributed by atoms with van der Waals surface area (Å²) in [7, 11) is 0. The van der Waals surface area contributed by atoms with Crippen LogP contribution < -0.4 is 5.73 Å². The Morgan fingerprint density at radius 1 is 1.64 bits per heavy atom. The fraction of sp³-hybridized carbons (Fsp3) is 0.556. The molecular weight excluding hydrogens is 200 g/mol. The van der Waals surface area contributed by atoms with Crippen molar-refractivity contribution in [2.75, 3.05) is 6.54 Å². The van der Waals surface area contributed by atoms with Crippen LogP contribution in [0.25, 0.3) is 0 Å². The van der Waals surface area contributed by atoms with Crippen LogP contribution in [0.5, 0.6) is 0 Å². The zero-order valence-electron chi connectivity index (χ0n) is 8.28. The molecule has 1 heterocycles. The Morgan fingerprint density at radius 3 is 2.64 bits per heavy atom. The first-order chi connectivity index (χ1) is 6.56. The van der Waals surface area contributed by atoms with Crippen molar-refractivity contribution in [1.29, 1.82) is 0 Å². The van der Waals surface area contributed by atoms with Gasteiger partial charge in [-0.1, -0.05) is 13.8 Å². The highest BCUT2D eigenvalue weighted by atomic mass is 32.1. The summed E-state index contributed by atoms with van der Waals surface area (Å²) in [6, 6.07) is 0. The predicted octanol–water partition coefficient (Wildman–Crippen LogP) is 1.47. The van der Waals surface area contributed by atoms with Crippen LogP contribution in [0.4, 0.5) is 0 Å². The monoisotopic (exact) mass is 214 g/mol. The molecule has 0 saturated heterocycles. The second-order valence-corrected chi connectivity index (χ2v) is 4.40. The molecule has 0 spiro atoms. The van der Waals surface area contributed by atoms with Gasteiger partial charge < -0.3 is 10.8 Å². The Kier molecular flexibility index (Phi) is 3.60. The molecule has 1 rings (SSSR count). The third-order valence-electron chi connectivity index (χ3n) is 1.80. The summed E-state index contributed by atoms with van der Waals surface area (Å²) in [5.41, 5.74) is 6.06. The van der Waals surface area contributed by atoms with Crippen molar-refractivity contribution < 1.29 is 9.90 Å². The van der Waals surface area contributed by atoms with Gasteiger partial charge in [-0.15, -0.1) is 11.3 Å². The third kappa shape index (κ3) is 2.30. The smallest absolute Gasteiger partial charge is 0.347 e. The summed E-state index contributed by atoms with van der Waals surface area (Å²) in [6.45, 7) is 4.38. The number of aromatic nitrogens is 1. The number of carboxylic acid groups (broad SMARTS) is 1. The van der Waals surface area contributed by atoms with Crippen molar-refractivity contribution in [2.45, 2.75) is 26.2 Å². The topological polar surface area (TPSA) is 76.2 Å². The minimum atomic E-state index is -0.894. The lowest BCUT2D eigenvalue weighted by Gasteiger charge is -2.00. The van der Waals surface area contributed by atoms with Gasteiger partial charge in [-0.05, 0) is 12.5 Å². The van der Waals surface area contributed by atoms with Gasteiger partial charge in [0.2, 0.25) is 0 Å². The minimum Gasteiger partial charge on any atom is -0.477 e. The minimum absolute atomic E-state index is 0.142. The van der Waals surface area contributed by atoms with Gasteiger partial charge in [-0.3, -0.25) is 0 Å². The maximum atomic E-state index is 10.9. The second kappa shape index (κ2) is 4.52. The molecule has 4 nitrogen and oxygen atoms in total. The maximum Gasteiger partial charge on any atom is 0.347 e. The van der Waals surface area contributed by atoms with Crippen LogP contribution in [-0.4, -0.2) is 22.6 Å². The highest BCUT2D eigenvalue weighted by Gasteiger charge is 2.18. The summed E-state index contributed by atoms with van der Waals surface area (Å²) in [4.78, 5) is 15.5. The van der Waals surface area contributed by atoms with Gasteiger partial charge in [-0.2, -0.15) is 0 Å². The molecule has 0 aromatic carbocycles. The van der Waals surface area contributed by atoms with Crippen LogP contribution in [0.15, 0.2) is 0 Å². The number of aromatic carboxylic acids is 1. The van der Waals surface area contributed by atoms with Gasteiger partial charge >= 0.3 is 5.97 Å². The molecule has 14 heavy (non-hydrogen) atoms. The molecule has 5 heteroatoms. The highest BCUT2D eigenvalue weighted by molar-refractivity contribution is 7.13. The van der Waals surface area contributed by atoms with Crippen LogP contribution in [0.3, 0.4) is 0 Å². The molecule has 1 aromatic rings. The van der Waals surface area contributed by atoms with E-state index in [2.05, 4.69) is 4.98 Å². The Labute approximate surface area is 86.8 Å². The molecule has 0 fully saturated rings. The molecule has 1 aromatic heterocycles.